The van der Waals surface area contributed by atoms with Crippen LogP contribution in [0.5, 0.6) is 0 Å². The second kappa shape index (κ2) is 5.40. The monoisotopic (exact) mass is 309 g/mol. The second-order valence-corrected chi connectivity index (χ2v) is 7.40. The molecular formula is C14H19N3O3S. The number of nitrogens with one attached hydrogen (secondary N) is 1. The first-order valence-corrected chi connectivity index (χ1v) is 8.54. The van der Waals surface area contributed by atoms with Crippen LogP contribution in [0.25, 0.3) is 11.0 Å². The molecule has 2 unspecified atom stereocenters. The van der Waals surface area contributed by atoms with Crippen LogP contribution in [0.1, 0.15) is 19.8 Å². The Morgan fingerprint density at radius 3 is 3.10 bits per heavy atom. The quantitative estimate of drug-likeness (QED) is 0.896. The maximum absolute atomic E-state index is 12.9. The largest absolute Gasteiger partial charge is 0.395 e. The van der Waals surface area contributed by atoms with Crippen molar-refractivity contribution in [2.75, 3.05) is 13.2 Å². The number of aromatic amines is 1. The first-order valence-electron chi connectivity index (χ1n) is 7.10. The molecule has 0 radical (unpaired) electrons. The first kappa shape index (κ1) is 14.5. The van der Waals surface area contributed by atoms with E-state index in [1.165, 1.54) is 10.5 Å². The fraction of sp³-hybridized carbons (Fsp3) is 0.500. The Labute approximate surface area is 123 Å². The fourth-order valence-electron chi connectivity index (χ4n) is 3.05. The van der Waals surface area contributed by atoms with E-state index < -0.39 is 10.0 Å². The van der Waals surface area contributed by atoms with Crippen LogP contribution in [0, 0.1) is 5.92 Å². The number of hydrogen-bond acceptors (Lipinski definition) is 4. The van der Waals surface area contributed by atoms with Crippen molar-refractivity contribution in [1.29, 1.82) is 0 Å². The van der Waals surface area contributed by atoms with Gasteiger partial charge in [0.2, 0.25) is 10.0 Å². The lowest BCUT2D eigenvalue weighted by molar-refractivity contribution is 0.113. The van der Waals surface area contributed by atoms with E-state index in [1.807, 2.05) is 6.92 Å². The van der Waals surface area contributed by atoms with Gasteiger partial charge in [0.1, 0.15) is 10.5 Å². The van der Waals surface area contributed by atoms with Crippen molar-refractivity contribution < 1.29 is 13.5 Å². The van der Waals surface area contributed by atoms with Crippen LogP contribution >= 0.6 is 0 Å². The van der Waals surface area contributed by atoms with E-state index >= 15 is 0 Å². The molecule has 2 atom stereocenters. The van der Waals surface area contributed by atoms with Gasteiger partial charge in [0.15, 0.2) is 0 Å². The molecule has 7 heteroatoms. The first-order chi connectivity index (χ1) is 10.1. The van der Waals surface area contributed by atoms with E-state index in [-0.39, 0.29) is 23.5 Å². The standard InChI is InChI=1S/C14H19N3O3S/c1-10-4-3-7-17(12(10)9-18)21(19,20)13-8-16-14-11(13)5-2-6-15-14/h2,5-6,8,10,12,18H,3-4,7,9H2,1H3,(H,15,16). The number of nitrogens with zero attached hydrogens (tertiary/aromatic N) is 2. The average molecular weight is 309 g/mol. The van der Waals surface area contributed by atoms with E-state index in [2.05, 4.69) is 9.97 Å². The molecule has 1 aliphatic heterocycles. The molecule has 2 N–H and O–H groups in total. The van der Waals surface area contributed by atoms with Crippen LogP contribution in [-0.4, -0.2) is 47.0 Å². The fourth-order valence-corrected chi connectivity index (χ4v) is 4.95. The third-order valence-corrected chi connectivity index (χ3v) is 6.22. The summed E-state index contributed by atoms with van der Waals surface area (Å²) in [7, 11) is -3.64. The van der Waals surface area contributed by atoms with E-state index in [0.717, 1.165) is 12.8 Å². The van der Waals surface area contributed by atoms with E-state index in [0.29, 0.717) is 17.6 Å². The molecule has 0 bridgehead atoms. The lowest BCUT2D eigenvalue weighted by Gasteiger charge is -2.37. The molecule has 3 heterocycles. The number of fused-ring (bicyclic) bond motifs is 1. The molecule has 1 fully saturated rings. The van der Waals surface area contributed by atoms with Gasteiger partial charge in [0.05, 0.1) is 12.6 Å². The van der Waals surface area contributed by atoms with Gasteiger partial charge in [-0.25, -0.2) is 13.4 Å². The number of piperidine rings is 1. The van der Waals surface area contributed by atoms with Gasteiger partial charge in [-0.2, -0.15) is 4.31 Å². The van der Waals surface area contributed by atoms with Crippen LogP contribution in [0.15, 0.2) is 29.4 Å². The minimum absolute atomic E-state index is 0.152. The van der Waals surface area contributed by atoms with Crippen LogP contribution < -0.4 is 0 Å². The van der Waals surface area contributed by atoms with Crippen LogP contribution in [-0.2, 0) is 10.0 Å². The van der Waals surface area contributed by atoms with Crippen molar-refractivity contribution in [1.82, 2.24) is 14.3 Å². The molecule has 1 saturated heterocycles. The van der Waals surface area contributed by atoms with Gasteiger partial charge in [0, 0.05) is 24.3 Å². The summed E-state index contributed by atoms with van der Waals surface area (Å²) in [6.45, 7) is 2.28. The van der Waals surface area contributed by atoms with Crippen molar-refractivity contribution in [3.63, 3.8) is 0 Å². The summed E-state index contributed by atoms with van der Waals surface area (Å²) >= 11 is 0. The highest BCUT2D eigenvalue weighted by Gasteiger charge is 2.37. The molecular weight excluding hydrogens is 290 g/mol. The highest BCUT2D eigenvalue weighted by atomic mass is 32.2. The van der Waals surface area contributed by atoms with Crippen LogP contribution in [0.4, 0.5) is 0 Å². The predicted molar refractivity (Wildman–Crippen MR) is 79.3 cm³/mol. The molecule has 0 saturated carbocycles. The predicted octanol–water partition coefficient (Wildman–Crippen LogP) is 1.34. The number of aliphatic hydroxyl groups is 1. The number of sulfonamides is 1. The molecule has 21 heavy (non-hydrogen) atoms. The summed E-state index contributed by atoms with van der Waals surface area (Å²) in [5.41, 5.74) is 0.557. The summed E-state index contributed by atoms with van der Waals surface area (Å²) in [6.07, 6.45) is 4.86. The number of aromatic nitrogens is 2. The summed E-state index contributed by atoms with van der Waals surface area (Å²) in [6, 6.07) is 3.11. The van der Waals surface area contributed by atoms with Gasteiger partial charge in [-0.05, 0) is 30.9 Å². The summed E-state index contributed by atoms with van der Waals surface area (Å²) < 4.78 is 27.3. The number of rotatable bonds is 3. The Kier molecular flexibility index (Phi) is 3.73. The zero-order chi connectivity index (χ0) is 15.0. The van der Waals surface area contributed by atoms with E-state index in [9.17, 15) is 13.5 Å². The third-order valence-electron chi connectivity index (χ3n) is 4.25. The maximum Gasteiger partial charge on any atom is 0.245 e. The van der Waals surface area contributed by atoms with E-state index in [4.69, 9.17) is 0 Å². The SMILES string of the molecule is CC1CCCN(S(=O)(=O)c2c[nH]c3ncccc23)C1CO. The van der Waals surface area contributed by atoms with Gasteiger partial charge in [0.25, 0.3) is 0 Å². The topological polar surface area (TPSA) is 86.3 Å². The molecule has 6 nitrogen and oxygen atoms in total. The Hall–Kier alpha value is -1.44. The highest BCUT2D eigenvalue weighted by molar-refractivity contribution is 7.89. The van der Waals surface area contributed by atoms with Gasteiger partial charge in [-0.1, -0.05) is 6.92 Å². The third kappa shape index (κ3) is 2.35. The number of hydrogen-bond donors (Lipinski definition) is 2. The van der Waals surface area contributed by atoms with E-state index in [1.54, 1.807) is 18.3 Å². The Bertz CT molecular complexity index is 741. The minimum atomic E-state index is -3.64. The van der Waals surface area contributed by atoms with Gasteiger partial charge >= 0.3 is 0 Å². The summed E-state index contributed by atoms with van der Waals surface area (Å²) in [4.78, 5) is 7.26. The number of H-pyrrole nitrogens is 1. The van der Waals surface area contributed by atoms with Gasteiger partial charge < -0.3 is 10.1 Å². The molecule has 0 amide bonds. The Morgan fingerprint density at radius 2 is 2.33 bits per heavy atom. The zero-order valence-corrected chi connectivity index (χ0v) is 12.7. The number of pyridine rings is 1. The summed E-state index contributed by atoms with van der Waals surface area (Å²) in [5.74, 6) is 0.154. The Morgan fingerprint density at radius 1 is 1.52 bits per heavy atom. The lowest BCUT2D eigenvalue weighted by atomic mass is 9.93. The Balaban J connectivity index is 2.07. The van der Waals surface area contributed by atoms with Crippen LogP contribution in [0.2, 0.25) is 0 Å². The van der Waals surface area contributed by atoms with Gasteiger partial charge in [-0.15, -0.1) is 0 Å². The lowest BCUT2D eigenvalue weighted by Crippen LogP contribution is -2.49. The van der Waals surface area contributed by atoms with Crippen molar-refractivity contribution >= 4 is 21.1 Å². The molecule has 2 aromatic rings. The zero-order valence-electron chi connectivity index (χ0n) is 11.9. The maximum atomic E-state index is 12.9. The van der Waals surface area contributed by atoms with Crippen molar-refractivity contribution in [2.45, 2.75) is 30.7 Å². The molecule has 2 aromatic heterocycles. The molecule has 3 rings (SSSR count). The van der Waals surface area contributed by atoms with Crippen molar-refractivity contribution in [2.24, 2.45) is 5.92 Å². The molecule has 0 aliphatic carbocycles. The minimum Gasteiger partial charge on any atom is -0.395 e. The second-order valence-electron chi connectivity index (χ2n) is 5.54. The van der Waals surface area contributed by atoms with Gasteiger partial charge in [-0.3, -0.25) is 0 Å². The van der Waals surface area contributed by atoms with Crippen molar-refractivity contribution in [3.05, 3.63) is 24.5 Å². The molecule has 1 aliphatic rings. The summed E-state index contributed by atoms with van der Waals surface area (Å²) in [5, 5.41) is 10.2. The van der Waals surface area contributed by atoms with Crippen LogP contribution in [0.3, 0.4) is 0 Å². The average Bonchev–Trinajstić information content (AvgIpc) is 2.91. The van der Waals surface area contributed by atoms with Crippen molar-refractivity contribution in [3.8, 4) is 0 Å². The number of aliphatic hydroxyl groups excluding tert-OH is 1. The highest BCUT2D eigenvalue weighted by Crippen LogP contribution is 2.31. The molecule has 114 valence electrons. The smallest absolute Gasteiger partial charge is 0.245 e. The molecule has 0 spiro atoms. The normalized spacial score (nSPS) is 24.5. The molecule has 0 aromatic carbocycles.